The summed E-state index contributed by atoms with van der Waals surface area (Å²) in [5, 5.41) is 0. The quantitative estimate of drug-likeness (QED) is 0.681. The van der Waals surface area contributed by atoms with Crippen LogP contribution in [0.15, 0.2) is 0 Å². The summed E-state index contributed by atoms with van der Waals surface area (Å²) in [6, 6.07) is 0. The minimum Gasteiger partial charge on any atom is -0.324 e. The van der Waals surface area contributed by atoms with Crippen LogP contribution < -0.4 is 10.5 Å². The summed E-state index contributed by atoms with van der Waals surface area (Å²) in [5.41, 5.74) is 5.19. The summed E-state index contributed by atoms with van der Waals surface area (Å²) in [6.07, 6.45) is 1.90. The van der Waals surface area contributed by atoms with Crippen LogP contribution >= 0.6 is 0 Å². The van der Waals surface area contributed by atoms with Crippen LogP contribution in [0.5, 0.6) is 0 Å². The van der Waals surface area contributed by atoms with Crippen LogP contribution in [0.4, 0.5) is 0 Å². The van der Waals surface area contributed by atoms with Gasteiger partial charge in [0, 0.05) is 25.2 Å². The topological polar surface area (TPSA) is 75.4 Å². The lowest BCUT2D eigenvalue weighted by molar-refractivity contribution is 0.444. The molecule has 6 heteroatoms. The van der Waals surface area contributed by atoms with E-state index in [1.807, 2.05) is 0 Å². The monoisotopic (exact) mass is 221 g/mol. The Kier molecular flexibility index (Phi) is 3.52. The fourth-order valence-electron chi connectivity index (χ4n) is 1.30. The first-order valence-corrected chi connectivity index (χ1v) is 6.29. The highest BCUT2D eigenvalue weighted by Crippen LogP contribution is 2.11. The van der Waals surface area contributed by atoms with Gasteiger partial charge in [0.25, 0.3) is 10.2 Å². The van der Waals surface area contributed by atoms with Gasteiger partial charge < -0.3 is 5.73 Å². The maximum atomic E-state index is 11.6. The van der Waals surface area contributed by atoms with Crippen molar-refractivity contribution in [3.63, 3.8) is 0 Å². The van der Waals surface area contributed by atoms with Gasteiger partial charge in [-0.05, 0) is 26.7 Å². The zero-order valence-electron chi connectivity index (χ0n) is 8.78. The van der Waals surface area contributed by atoms with Crippen molar-refractivity contribution in [3.8, 4) is 0 Å². The van der Waals surface area contributed by atoms with Crippen LogP contribution in [0.2, 0.25) is 0 Å². The molecule has 0 radical (unpaired) electrons. The summed E-state index contributed by atoms with van der Waals surface area (Å²) in [4.78, 5) is 0. The Morgan fingerprint density at radius 3 is 2.29 bits per heavy atom. The standard InChI is InChI=1S/C8H19N3O2S/c1-8(2,9)7-10-14(12,13)11-5-3-4-6-11/h10H,3-7,9H2,1-2H3. The van der Waals surface area contributed by atoms with Gasteiger partial charge in [0.1, 0.15) is 0 Å². The lowest BCUT2D eigenvalue weighted by atomic mass is 10.1. The van der Waals surface area contributed by atoms with Gasteiger partial charge in [-0.15, -0.1) is 0 Å². The van der Waals surface area contributed by atoms with Crippen molar-refractivity contribution in [1.82, 2.24) is 9.03 Å². The second kappa shape index (κ2) is 4.14. The molecule has 0 bridgehead atoms. The third-order valence-corrected chi connectivity index (χ3v) is 3.67. The maximum Gasteiger partial charge on any atom is 0.279 e. The minimum absolute atomic E-state index is 0.270. The van der Waals surface area contributed by atoms with Gasteiger partial charge in [0.2, 0.25) is 0 Å². The van der Waals surface area contributed by atoms with E-state index in [1.165, 1.54) is 4.31 Å². The fraction of sp³-hybridized carbons (Fsp3) is 1.00. The predicted octanol–water partition coefficient (Wildman–Crippen LogP) is -0.346. The van der Waals surface area contributed by atoms with Crippen molar-refractivity contribution in [2.45, 2.75) is 32.2 Å². The highest BCUT2D eigenvalue weighted by atomic mass is 32.2. The Hall–Kier alpha value is -0.170. The normalized spacial score (nSPS) is 20.2. The third-order valence-electron chi connectivity index (χ3n) is 2.12. The van der Waals surface area contributed by atoms with E-state index >= 15 is 0 Å². The first-order valence-electron chi connectivity index (χ1n) is 4.85. The average molecular weight is 221 g/mol. The largest absolute Gasteiger partial charge is 0.324 e. The first kappa shape index (κ1) is 11.9. The van der Waals surface area contributed by atoms with Crippen molar-refractivity contribution < 1.29 is 8.42 Å². The summed E-state index contributed by atoms with van der Waals surface area (Å²) in [7, 11) is -3.29. The first-order chi connectivity index (χ1) is 6.31. The van der Waals surface area contributed by atoms with Gasteiger partial charge in [-0.1, -0.05) is 0 Å². The van der Waals surface area contributed by atoms with Gasteiger partial charge in [-0.3, -0.25) is 0 Å². The molecule has 1 fully saturated rings. The van der Waals surface area contributed by atoms with Crippen LogP contribution in [0.1, 0.15) is 26.7 Å². The van der Waals surface area contributed by atoms with E-state index < -0.39 is 15.7 Å². The van der Waals surface area contributed by atoms with E-state index in [1.54, 1.807) is 13.8 Å². The number of hydrogen-bond acceptors (Lipinski definition) is 3. The molecule has 1 saturated heterocycles. The molecule has 0 spiro atoms. The Balaban J connectivity index is 2.50. The molecule has 14 heavy (non-hydrogen) atoms. The zero-order chi connectivity index (χ0) is 10.8. The van der Waals surface area contributed by atoms with Crippen molar-refractivity contribution in [3.05, 3.63) is 0 Å². The molecule has 1 rings (SSSR count). The Morgan fingerprint density at radius 2 is 1.86 bits per heavy atom. The molecule has 5 nitrogen and oxygen atoms in total. The SMILES string of the molecule is CC(C)(N)CNS(=O)(=O)N1CCCC1. The number of hydrogen-bond donors (Lipinski definition) is 2. The van der Waals surface area contributed by atoms with Crippen LogP contribution in [0.25, 0.3) is 0 Å². The minimum atomic E-state index is -3.29. The second-order valence-corrected chi connectivity index (χ2v) is 6.18. The molecule has 0 aromatic carbocycles. The molecule has 0 saturated carbocycles. The van der Waals surface area contributed by atoms with Gasteiger partial charge in [0.05, 0.1) is 0 Å². The van der Waals surface area contributed by atoms with Crippen LogP contribution in [0, 0.1) is 0 Å². The van der Waals surface area contributed by atoms with Crippen molar-refractivity contribution >= 4 is 10.2 Å². The molecular formula is C8H19N3O2S. The van der Waals surface area contributed by atoms with E-state index in [0.29, 0.717) is 13.1 Å². The van der Waals surface area contributed by atoms with E-state index in [9.17, 15) is 8.42 Å². The van der Waals surface area contributed by atoms with Crippen LogP contribution in [-0.2, 0) is 10.2 Å². The van der Waals surface area contributed by atoms with Crippen molar-refractivity contribution in [2.24, 2.45) is 5.73 Å². The number of rotatable bonds is 4. The third kappa shape index (κ3) is 3.53. The predicted molar refractivity (Wildman–Crippen MR) is 56.0 cm³/mol. The lowest BCUT2D eigenvalue weighted by Gasteiger charge is -2.22. The Bertz CT molecular complexity index is 275. The smallest absolute Gasteiger partial charge is 0.279 e. The Labute approximate surface area is 85.8 Å². The molecule has 0 aromatic heterocycles. The molecule has 1 aliphatic heterocycles. The molecule has 3 N–H and O–H groups in total. The summed E-state index contributed by atoms with van der Waals surface area (Å²) >= 11 is 0. The van der Waals surface area contributed by atoms with Gasteiger partial charge in [-0.2, -0.15) is 12.7 Å². The van der Waals surface area contributed by atoms with Gasteiger partial charge >= 0.3 is 0 Å². The van der Waals surface area contributed by atoms with Crippen LogP contribution in [0.3, 0.4) is 0 Å². The van der Waals surface area contributed by atoms with Gasteiger partial charge in [-0.25, -0.2) is 4.72 Å². The molecular weight excluding hydrogens is 202 g/mol. The van der Waals surface area contributed by atoms with E-state index in [0.717, 1.165) is 12.8 Å². The average Bonchev–Trinajstić information content (AvgIpc) is 2.52. The van der Waals surface area contributed by atoms with Crippen LogP contribution in [-0.4, -0.2) is 37.9 Å². The second-order valence-electron chi connectivity index (χ2n) is 4.42. The van der Waals surface area contributed by atoms with E-state index in [2.05, 4.69) is 4.72 Å². The zero-order valence-corrected chi connectivity index (χ0v) is 9.60. The lowest BCUT2D eigenvalue weighted by Crippen LogP contribution is -2.48. The molecule has 1 heterocycles. The number of nitrogens with zero attached hydrogens (tertiary/aromatic N) is 1. The number of nitrogens with two attached hydrogens (primary N) is 1. The molecule has 84 valence electrons. The number of nitrogens with one attached hydrogen (secondary N) is 1. The molecule has 0 aromatic rings. The van der Waals surface area contributed by atoms with Crippen molar-refractivity contribution in [2.75, 3.05) is 19.6 Å². The molecule has 1 aliphatic rings. The van der Waals surface area contributed by atoms with Crippen molar-refractivity contribution in [1.29, 1.82) is 0 Å². The molecule has 0 atom stereocenters. The molecule has 0 aliphatic carbocycles. The molecule has 0 unspecified atom stereocenters. The molecule has 0 amide bonds. The summed E-state index contributed by atoms with van der Waals surface area (Å²) in [5.74, 6) is 0. The highest BCUT2D eigenvalue weighted by Gasteiger charge is 2.26. The highest BCUT2D eigenvalue weighted by molar-refractivity contribution is 7.87. The fourth-order valence-corrected chi connectivity index (χ4v) is 2.77. The van der Waals surface area contributed by atoms with Gasteiger partial charge in [0.15, 0.2) is 0 Å². The maximum absolute atomic E-state index is 11.6. The van der Waals surface area contributed by atoms with E-state index in [4.69, 9.17) is 5.73 Å². The summed E-state index contributed by atoms with van der Waals surface area (Å²) < 4.78 is 27.3. The summed E-state index contributed by atoms with van der Waals surface area (Å²) in [6.45, 7) is 5.10. The Morgan fingerprint density at radius 1 is 1.36 bits per heavy atom. The van der Waals surface area contributed by atoms with E-state index in [-0.39, 0.29) is 6.54 Å².